The molecule has 0 amide bonds. The van der Waals surface area contributed by atoms with E-state index in [1.54, 1.807) is 0 Å². The number of hydrogen-bond donors (Lipinski definition) is 0. The van der Waals surface area contributed by atoms with Gasteiger partial charge in [-0.15, -0.1) is 0 Å². The quantitative estimate of drug-likeness (QED) is 0.703. The van der Waals surface area contributed by atoms with Gasteiger partial charge in [-0.05, 0) is 12.1 Å². The lowest BCUT2D eigenvalue weighted by Gasteiger charge is -2.43. The average Bonchev–Trinajstić information content (AvgIpc) is 2.93. The summed E-state index contributed by atoms with van der Waals surface area (Å²) in [6, 6.07) is 2.67. The minimum Gasteiger partial charge on any atom is -0.476 e. The first-order valence-electron chi connectivity index (χ1n) is 7.15. The van der Waals surface area contributed by atoms with Crippen LogP contribution in [0.15, 0.2) is 23.2 Å². The zero-order valence-corrected chi connectivity index (χ0v) is 15.6. The third-order valence-electron chi connectivity index (χ3n) is 4.00. The van der Waals surface area contributed by atoms with Gasteiger partial charge in [-0.2, -0.15) is 13.5 Å². The second kappa shape index (κ2) is 5.92. The molecule has 0 unspecified atom stereocenters. The fourth-order valence-corrected chi connectivity index (χ4v) is 4.73. The van der Waals surface area contributed by atoms with Gasteiger partial charge in [0.1, 0.15) is 6.61 Å². The molecule has 0 aliphatic carbocycles. The maximum atomic E-state index is 12.6. The second-order valence-corrected chi connectivity index (χ2v) is 8.75. The molecule has 0 saturated carbocycles. The van der Waals surface area contributed by atoms with Gasteiger partial charge in [0, 0.05) is 5.02 Å². The number of ether oxygens (including phenoxy) is 2. The van der Waals surface area contributed by atoms with E-state index in [0.717, 1.165) is 0 Å². The number of rotatable bonds is 3. The van der Waals surface area contributed by atoms with Gasteiger partial charge in [-0.3, -0.25) is 0 Å². The van der Waals surface area contributed by atoms with E-state index in [1.807, 2.05) is 0 Å². The van der Waals surface area contributed by atoms with Crippen LogP contribution in [0, 0.1) is 5.41 Å². The van der Waals surface area contributed by atoms with Gasteiger partial charge < -0.3 is 13.7 Å². The van der Waals surface area contributed by atoms with Gasteiger partial charge in [-0.25, -0.2) is 4.68 Å². The monoisotopic (exact) mass is 424 g/mol. The van der Waals surface area contributed by atoms with Crippen molar-refractivity contribution in [2.45, 2.75) is 11.4 Å². The predicted molar refractivity (Wildman–Crippen MR) is 90.3 cm³/mol. The van der Waals surface area contributed by atoms with Crippen LogP contribution in [0.1, 0.15) is 0 Å². The summed E-state index contributed by atoms with van der Waals surface area (Å²) in [5, 5.41) is 4.31. The maximum Gasteiger partial charge on any atom is 0.346 e. The van der Waals surface area contributed by atoms with Crippen LogP contribution in [-0.2, 0) is 21.4 Å². The molecule has 25 heavy (non-hydrogen) atoms. The molecular formula is C14H11Cl3N2O5S. The Labute approximate surface area is 158 Å². The molecule has 11 heteroatoms. The summed E-state index contributed by atoms with van der Waals surface area (Å²) < 4.78 is 42.7. The second-order valence-electron chi connectivity index (χ2n) is 5.99. The van der Waals surface area contributed by atoms with Gasteiger partial charge >= 0.3 is 10.1 Å². The fraction of sp³-hybridized carbons (Fsp3) is 0.357. The Morgan fingerprint density at radius 1 is 1.16 bits per heavy atom. The highest BCUT2D eigenvalue weighted by atomic mass is 35.5. The lowest BCUT2D eigenvalue weighted by Crippen LogP contribution is -2.52. The standard InChI is InChI=1S/C14H11Cl3N2O5S/c15-8-1-9(16)12(10(17)2-8)24-25(20,21)11-3-18-19-4-14(5-22-6-14)7-23-13(11)19/h1-3H,4-7H2. The topological polar surface area (TPSA) is 79.7 Å². The number of aromatic nitrogens is 2. The van der Waals surface area contributed by atoms with Gasteiger partial charge in [0.2, 0.25) is 5.88 Å². The first kappa shape index (κ1) is 17.2. The molecule has 134 valence electrons. The lowest BCUT2D eigenvalue weighted by atomic mass is 9.86. The molecule has 0 radical (unpaired) electrons. The number of hydrogen-bond acceptors (Lipinski definition) is 6. The molecule has 4 rings (SSSR count). The van der Waals surface area contributed by atoms with Gasteiger partial charge in [-0.1, -0.05) is 34.8 Å². The third-order valence-corrected chi connectivity index (χ3v) is 5.99. The van der Waals surface area contributed by atoms with Crippen molar-refractivity contribution < 1.29 is 22.1 Å². The Morgan fingerprint density at radius 2 is 1.84 bits per heavy atom. The summed E-state index contributed by atoms with van der Waals surface area (Å²) in [6.07, 6.45) is 1.18. The van der Waals surface area contributed by atoms with Crippen molar-refractivity contribution in [1.82, 2.24) is 9.78 Å². The molecule has 0 bridgehead atoms. The van der Waals surface area contributed by atoms with Gasteiger partial charge in [0.05, 0.1) is 41.4 Å². The summed E-state index contributed by atoms with van der Waals surface area (Å²) >= 11 is 17.8. The minimum atomic E-state index is -4.25. The molecule has 1 fully saturated rings. The average molecular weight is 426 g/mol. The van der Waals surface area contributed by atoms with E-state index in [1.165, 1.54) is 23.0 Å². The minimum absolute atomic E-state index is 0.0198. The zero-order valence-electron chi connectivity index (χ0n) is 12.5. The molecule has 1 aromatic heterocycles. The Hall–Kier alpha value is -1.19. The summed E-state index contributed by atoms with van der Waals surface area (Å²) in [5.41, 5.74) is -0.149. The van der Waals surface area contributed by atoms with Crippen LogP contribution in [-0.4, -0.2) is 38.0 Å². The highest BCUT2D eigenvalue weighted by molar-refractivity contribution is 7.87. The summed E-state index contributed by atoms with van der Waals surface area (Å²) in [4.78, 5) is -0.190. The largest absolute Gasteiger partial charge is 0.476 e. The van der Waals surface area contributed by atoms with Crippen LogP contribution in [0.2, 0.25) is 15.1 Å². The van der Waals surface area contributed by atoms with Crippen LogP contribution < -0.4 is 8.92 Å². The Kier molecular flexibility index (Phi) is 4.08. The van der Waals surface area contributed by atoms with E-state index in [4.69, 9.17) is 48.5 Å². The van der Waals surface area contributed by atoms with E-state index in [0.29, 0.717) is 26.4 Å². The van der Waals surface area contributed by atoms with Crippen molar-refractivity contribution in [2.75, 3.05) is 19.8 Å². The highest BCUT2D eigenvalue weighted by Gasteiger charge is 2.45. The molecule has 2 aromatic rings. The van der Waals surface area contributed by atoms with E-state index in [2.05, 4.69) is 5.10 Å². The van der Waals surface area contributed by atoms with E-state index in [-0.39, 0.29) is 37.0 Å². The van der Waals surface area contributed by atoms with Crippen molar-refractivity contribution in [2.24, 2.45) is 5.41 Å². The summed E-state index contributed by atoms with van der Waals surface area (Å²) in [7, 11) is -4.25. The van der Waals surface area contributed by atoms with Gasteiger partial charge in [0.15, 0.2) is 10.6 Å². The van der Waals surface area contributed by atoms with Gasteiger partial charge in [0.25, 0.3) is 0 Å². The molecular weight excluding hydrogens is 415 g/mol. The third kappa shape index (κ3) is 2.96. The SMILES string of the molecule is O=S(=O)(Oc1c(Cl)cc(Cl)cc1Cl)c1cnn2c1OCC1(COC1)C2. The maximum absolute atomic E-state index is 12.6. The van der Waals surface area contributed by atoms with Crippen molar-refractivity contribution >= 4 is 44.9 Å². The predicted octanol–water partition coefficient (Wildman–Crippen LogP) is 3.02. The molecule has 0 atom stereocenters. The number of nitrogens with zero attached hydrogens (tertiary/aromatic N) is 2. The first-order chi connectivity index (χ1) is 11.8. The Bertz CT molecular complexity index is 932. The Morgan fingerprint density at radius 3 is 2.44 bits per heavy atom. The van der Waals surface area contributed by atoms with Crippen molar-refractivity contribution in [3.8, 4) is 11.6 Å². The molecule has 1 aromatic carbocycles. The summed E-state index contributed by atoms with van der Waals surface area (Å²) in [6.45, 7) is 1.98. The summed E-state index contributed by atoms with van der Waals surface area (Å²) in [5.74, 6) is -0.0777. The number of fused-ring (bicyclic) bond motifs is 1. The van der Waals surface area contributed by atoms with Crippen molar-refractivity contribution in [3.63, 3.8) is 0 Å². The van der Waals surface area contributed by atoms with Crippen LogP contribution >= 0.6 is 34.8 Å². The molecule has 1 saturated heterocycles. The van der Waals surface area contributed by atoms with Crippen LogP contribution in [0.4, 0.5) is 0 Å². The highest BCUT2D eigenvalue weighted by Crippen LogP contribution is 2.41. The number of halogens is 3. The first-order valence-corrected chi connectivity index (χ1v) is 9.69. The number of benzene rings is 1. The molecule has 0 N–H and O–H groups in total. The molecule has 1 spiro atoms. The smallest absolute Gasteiger partial charge is 0.346 e. The van der Waals surface area contributed by atoms with Crippen molar-refractivity contribution in [3.05, 3.63) is 33.4 Å². The molecule has 3 heterocycles. The van der Waals surface area contributed by atoms with Crippen LogP contribution in [0.5, 0.6) is 11.6 Å². The normalized spacial score (nSPS) is 18.4. The van der Waals surface area contributed by atoms with Crippen molar-refractivity contribution in [1.29, 1.82) is 0 Å². The lowest BCUT2D eigenvalue weighted by molar-refractivity contribution is -0.154. The van der Waals surface area contributed by atoms with E-state index >= 15 is 0 Å². The van der Waals surface area contributed by atoms with E-state index in [9.17, 15) is 8.42 Å². The fourth-order valence-electron chi connectivity index (χ4n) is 2.70. The molecule has 2 aliphatic heterocycles. The van der Waals surface area contributed by atoms with E-state index < -0.39 is 10.1 Å². The van der Waals surface area contributed by atoms with Crippen LogP contribution in [0.25, 0.3) is 0 Å². The van der Waals surface area contributed by atoms with Crippen LogP contribution in [0.3, 0.4) is 0 Å². The Balaban J connectivity index is 1.66. The molecule has 2 aliphatic rings. The molecule has 7 nitrogen and oxygen atoms in total. The zero-order chi connectivity index (χ0) is 17.8.